The van der Waals surface area contributed by atoms with Crippen LogP contribution in [0.2, 0.25) is 0 Å². The number of hydrogen-bond donors (Lipinski definition) is 3. The van der Waals surface area contributed by atoms with Crippen LogP contribution < -0.4 is 15.8 Å². The predicted molar refractivity (Wildman–Crippen MR) is 99.3 cm³/mol. The van der Waals surface area contributed by atoms with Gasteiger partial charge in [-0.1, -0.05) is 31.2 Å². The molecule has 2 aromatic carbocycles. The molecule has 2 amide bonds. The van der Waals surface area contributed by atoms with Crippen molar-refractivity contribution in [3.05, 3.63) is 59.2 Å². The summed E-state index contributed by atoms with van der Waals surface area (Å²) in [4.78, 5) is 24.2. The van der Waals surface area contributed by atoms with Crippen LogP contribution in [0.25, 0.3) is 0 Å². The van der Waals surface area contributed by atoms with Gasteiger partial charge in [-0.2, -0.15) is 0 Å². The zero-order chi connectivity index (χ0) is 19.3. The molecule has 0 aromatic heterocycles. The van der Waals surface area contributed by atoms with Crippen molar-refractivity contribution < 1.29 is 18.0 Å². The molecule has 0 aliphatic rings. The van der Waals surface area contributed by atoms with Crippen LogP contribution in [-0.4, -0.2) is 26.8 Å². The lowest BCUT2D eigenvalue weighted by Gasteiger charge is -2.11. The van der Waals surface area contributed by atoms with E-state index in [2.05, 4.69) is 10.6 Å². The zero-order valence-electron chi connectivity index (χ0n) is 14.6. The number of nitrogens with two attached hydrogens (primary N) is 1. The summed E-state index contributed by atoms with van der Waals surface area (Å²) < 4.78 is 22.9. The number of rotatable bonds is 6. The highest BCUT2D eigenvalue weighted by molar-refractivity contribution is 7.89. The van der Waals surface area contributed by atoms with Gasteiger partial charge in [0.05, 0.1) is 11.4 Å². The number of primary sulfonamides is 1. The summed E-state index contributed by atoms with van der Waals surface area (Å²) in [5, 5.41) is 10.3. The zero-order valence-corrected chi connectivity index (χ0v) is 15.4. The number of hydrogen-bond acceptors (Lipinski definition) is 4. The van der Waals surface area contributed by atoms with E-state index in [1.54, 1.807) is 13.0 Å². The van der Waals surface area contributed by atoms with E-state index in [0.717, 1.165) is 12.0 Å². The number of aryl methyl sites for hydroxylation is 2. The number of carbonyl (C=O) groups is 2. The molecule has 0 aliphatic carbocycles. The molecule has 2 rings (SSSR count). The molecule has 0 atom stereocenters. The Morgan fingerprint density at radius 3 is 2.46 bits per heavy atom. The number of carbonyl (C=O) groups excluding carboxylic acids is 2. The van der Waals surface area contributed by atoms with Crippen LogP contribution in [0.4, 0.5) is 5.69 Å². The Bertz CT molecular complexity index is 939. The molecule has 0 radical (unpaired) electrons. The first kappa shape index (κ1) is 19.6. The molecule has 0 spiro atoms. The summed E-state index contributed by atoms with van der Waals surface area (Å²) in [5.41, 5.74) is 2.41. The van der Waals surface area contributed by atoms with E-state index in [1.807, 2.05) is 25.1 Å². The highest BCUT2D eigenvalue weighted by Gasteiger charge is 2.15. The molecular weight excluding hydrogens is 354 g/mol. The van der Waals surface area contributed by atoms with E-state index in [4.69, 9.17) is 5.14 Å². The third-order valence-electron chi connectivity index (χ3n) is 3.86. The van der Waals surface area contributed by atoms with Gasteiger partial charge in [-0.3, -0.25) is 9.59 Å². The first-order valence-corrected chi connectivity index (χ1v) is 9.56. The Morgan fingerprint density at radius 1 is 1.12 bits per heavy atom. The average molecular weight is 375 g/mol. The minimum absolute atomic E-state index is 0.151. The van der Waals surface area contributed by atoms with Crippen LogP contribution in [-0.2, 0) is 21.2 Å². The lowest BCUT2D eigenvalue weighted by atomic mass is 10.1. The lowest BCUT2D eigenvalue weighted by molar-refractivity contribution is -0.115. The fourth-order valence-electron chi connectivity index (χ4n) is 2.42. The maximum atomic E-state index is 12.3. The molecule has 7 nitrogen and oxygen atoms in total. The molecule has 0 saturated carbocycles. The second-order valence-corrected chi connectivity index (χ2v) is 7.32. The first-order valence-electron chi connectivity index (χ1n) is 8.01. The highest BCUT2D eigenvalue weighted by Crippen LogP contribution is 2.16. The molecule has 138 valence electrons. The molecular formula is C18H21N3O4S. The van der Waals surface area contributed by atoms with Crippen molar-refractivity contribution in [1.29, 1.82) is 0 Å². The number of nitrogens with one attached hydrogen (secondary N) is 2. The van der Waals surface area contributed by atoms with Gasteiger partial charge >= 0.3 is 0 Å². The fourth-order valence-corrected chi connectivity index (χ4v) is 2.96. The molecule has 0 saturated heterocycles. The van der Waals surface area contributed by atoms with Gasteiger partial charge in [0.25, 0.3) is 5.91 Å². The SMILES string of the molecule is CCc1ccccc1NC(=O)CNC(=O)c1cc(S(N)(=O)=O)ccc1C. The van der Waals surface area contributed by atoms with Crippen LogP contribution in [0, 0.1) is 6.92 Å². The van der Waals surface area contributed by atoms with Crippen molar-refractivity contribution in [2.75, 3.05) is 11.9 Å². The van der Waals surface area contributed by atoms with E-state index in [9.17, 15) is 18.0 Å². The summed E-state index contributed by atoms with van der Waals surface area (Å²) in [5.74, 6) is -0.925. The quantitative estimate of drug-likeness (QED) is 0.710. The van der Waals surface area contributed by atoms with Crippen LogP contribution in [0.5, 0.6) is 0 Å². The topological polar surface area (TPSA) is 118 Å². The minimum atomic E-state index is -3.91. The van der Waals surface area contributed by atoms with Gasteiger partial charge in [-0.25, -0.2) is 13.6 Å². The van der Waals surface area contributed by atoms with E-state index < -0.39 is 15.9 Å². The van der Waals surface area contributed by atoms with Crippen molar-refractivity contribution in [1.82, 2.24) is 5.32 Å². The van der Waals surface area contributed by atoms with Gasteiger partial charge in [0, 0.05) is 11.3 Å². The first-order chi connectivity index (χ1) is 12.2. The number of anilines is 1. The Balaban J connectivity index is 2.06. The standard InChI is InChI=1S/C18H21N3O4S/c1-3-13-6-4-5-7-16(13)21-17(22)11-20-18(23)15-10-14(26(19,24)25)9-8-12(15)2/h4-10H,3,11H2,1-2H3,(H,20,23)(H,21,22)(H2,19,24,25). The largest absolute Gasteiger partial charge is 0.343 e. The normalized spacial score (nSPS) is 11.0. The second-order valence-electron chi connectivity index (χ2n) is 5.76. The van der Waals surface area contributed by atoms with Gasteiger partial charge in [0.2, 0.25) is 15.9 Å². The number of para-hydroxylation sites is 1. The number of benzene rings is 2. The maximum absolute atomic E-state index is 12.3. The summed E-state index contributed by atoms with van der Waals surface area (Å²) >= 11 is 0. The summed E-state index contributed by atoms with van der Waals surface area (Å²) in [6, 6.07) is 11.4. The molecule has 26 heavy (non-hydrogen) atoms. The Kier molecular flexibility index (Phi) is 6.12. The Morgan fingerprint density at radius 2 is 1.81 bits per heavy atom. The van der Waals surface area contributed by atoms with Crippen molar-refractivity contribution in [3.8, 4) is 0 Å². The van der Waals surface area contributed by atoms with Crippen molar-refractivity contribution in [2.45, 2.75) is 25.2 Å². The summed E-state index contributed by atoms with van der Waals surface area (Å²) in [7, 11) is -3.91. The monoisotopic (exact) mass is 375 g/mol. The minimum Gasteiger partial charge on any atom is -0.343 e. The molecule has 2 aromatic rings. The van der Waals surface area contributed by atoms with Crippen LogP contribution in [0.15, 0.2) is 47.4 Å². The third kappa shape index (κ3) is 4.90. The van der Waals surface area contributed by atoms with E-state index in [1.165, 1.54) is 18.2 Å². The van der Waals surface area contributed by atoms with Crippen molar-refractivity contribution in [2.24, 2.45) is 5.14 Å². The molecule has 0 aliphatic heterocycles. The molecule has 0 unspecified atom stereocenters. The van der Waals surface area contributed by atoms with E-state index in [0.29, 0.717) is 11.3 Å². The molecule has 4 N–H and O–H groups in total. The number of amides is 2. The van der Waals surface area contributed by atoms with Gasteiger partial charge < -0.3 is 10.6 Å². The smallest absolute Gasteiger partial charge is 0.252 e. The molecule has 0 bridgehead atoms. The summed E-state index contributed by atoms with van der Waals surface area (Å²) in [6.07, 6.45) is 0.766. The highest BCUT2D eigenvalue weighted by atomic mass is 32.2. The van der Waals surface area contributed by atoms with Crippen LogP contribution in [0.1, 0.15) is 28.4 Å². The average Bonchev–Trinajstić information content (AvgIpc) is 2.59. The van der Waals surface area contributed by atoms with Crippen molar-refractivity contribution >= 4 is 27.5 Å². The second kappa shape index (κ2) is 8.11. The van der Waals surface area contributed by atoms with Gasteiger partial charge in [-0.05, 0) is 42.7 Å². The third-order valence-corrected chi connectivity index (χ3v) is 4.78. The molecule has 0 heterocycles. The lowest BCUT2D eigenvalue weighted by Crippen LogP contribution is -2.33. The molecule has 8 heteroatoms. The Hall–Kier alpha value is -2.71. The Labute approximate surface area is 152 Å². The number of sulfonamides is 1. The van der Waals surface area contributed by atoms with Gasteiger partial charge in [0.15, 0.2) is 0 Å². The van der Waals surface area contributed by atoms with E-state index in [-0.39, 0.29) is 22.9 Å². The van der Waals surface area contributed by atoms with Crippen molar-refractivity contribution in [3.63, 3.8) is 0 Å². The van der Waals surface area contributed by atoms with Gasteiger partial charge in [0.1, 0.15) is 0 Å². The molecule has 0 fully saturated rings. The predicted octanol–water partition coefficient (Wildman–Crippen LogP) is 1.57. The summed E-state index contributed by atoms with van der Waals surface area (Å²) in [6.45, 7) is 3.41. The van der Waals surface area contributed by atoms with Crippen LogP contribution in [0.3, 0.4) is 0 Å². The fraction of sp³-hybridized carbons (Fsp3) is 0.222. The maximum Gasteiger partial charge on any atom is 0.252 e. The van der Waals surface area contributed by atoms with E-state index >= 15 is 0 Å². The van der Waals surface area contributed by atoms with Gasteiger partial charge in [-0.15, -0.1) is 0 Å². The van der Waals surface area contributed by atoms with Crippen LogP contribution >= 0.6 is 0 Å².